The summed E-state index contributed by atoms with van der Waals surface area (Å²) in [5.41, 5.74) is 1.37. The first-order chi connectivity index (χ1) is 8.10. The normalized spacial score (nSPS) is 30.7. The lowest BCUT2D eigenvalue weighted by molar-refractivity contribution is 0.712. The molecule has 17 heavy (non-hydrogen) atoms. The van der Waals surface area contributed by atoms with Crippen LogP contribution in [0.5, 0.6) is 0 Å². The van der Waals surface area contributed by atoms with Crippen LogP contribution in [0.3, 0.4) is 0 Å². The van der Waals surface area contributed by atoms with E-state index in [2.05, 4.69) is 72.9 Å². The molecular weight excluding hydrogens is 341 g/mol. The van der Waals surface area contributed by atoms with Crippen molar-refractivity contribution in [1.82, 2.24) is 0 Å². The van der Waals surface area contributed by atoms with Gasteiger partial charge in [-0.05, 0) is 59.7 Å². The van der Waals surface area contributed by atoms with Crippen LogP contribution in [0.15, 0.2) is 29.2 Å². The summed E-state index contributed by atoms with van der Waals surface area (Å²) in [6.07, 6.45) is 3.96. The molecule has 0 fully saturated rings. The molecule has 96 valence electrons. The van der Waals surface area contributed by atoms with E-state index in [1.807, 2.05) is 0 Å². The van der Waals surface area contributed by atoms with E-state index in [-0.39, 0.29) is 13.8 Å². The van der Waals surface area contributed by atoms with E-state index in [0.717, 1.165) is 5.25 Å². The third-order valence-electron chi connectivity index (χ3n) is 3.44. The van der Waals surface area contributed by atoms with Crippen LogP contribution in [0, 0.1) is 0 Å². The Morgan fingerprint density at radius 2 is 2.06 bits per heavy atom. The van der Waals surface area contributed by atoms with Crippen LogP contribution in [0.2, 0.25) is 0 Å². The fourth-order valence-corrected chi connectivity index (χ4v) is 8.25. The topological polar surface area (TPSA) is 12.0 Å². The highest BCUT2D eigenvalue weighted by Crippen LogP contribution is 2.63. The molecule has 0 spiro atoms. The molecule has 3 atom stereocenters. The van der Waals surface area contributed by atoms with Crippen LogP contribution >= 0.6 is 33.5 Å². The largest absolute Gasteiger partial charge is 0.363 e. The maximum absolute atomic E-state index is 3.71. The number of hydrogen-bond acceptors (Lipinski definition) is 1. The Kier molecular flexibility index (Phi) is 4.29. The van der Waals surface area contributed by atoms with E-state index in [1.165, 1.54) is 24.9 Å². The molecule has 0 radical (unpaired) electrons. The summed E-state index contributed by atoms with van der Waals surface area (Å²) in [6, 6.07) is 8.88. The number of alkyl halides is 1. The predicted octanol–water partition coefficient (Wildman–Crippen LogP) is 5.16. The van der Waals surface area contributed by atoms with Gasteiger partial charge in [-0.25, -0.2) is 0 Å². The molecule has 1 aromatic rings. The minimum atomic E-state index is -0.0981. The average molecular weight is 363 g/mol. The number of rotatable bonds is 4. The van der Waals surface area contributed by atoms with E-state index in [4.69, 9.17) is 0 Å². The van der Waals surface area contributed by atoms with Gasteiger partial charge in [-0.15, -0.1) is 0 Å². The second kappa shape index (κ2) is 5.39. The van der Waals surface area contributed by atoms with Crippen molar-refractivity contribution in [2.24, 2.45) is 0 Å². The smallest absolute Gasteiger partial charge is 0.119 e. The van der Waals surface area contributed by atoms with Crippen LogP contribution in [-0.4, -0.2) is 8.13 Å². The summed E-state index contributed by atoms with van der Waals surface area (Å²) < 4.78 is 0.229. The van der Waals surface area contributed by atoms with Gasteiger partial charge in [0.25, 0.3) is 0 Å². The Hall–Kier alpha value is 0.1000. The van der Waals surface area contributed by atoms with Crippen LogP contribution in [-0.2, 0) is 0 Å². The van der Waals surface area contributed by atoms with Crippen molar-refractivity contribution < 1.29 is 0 Å². The van der Waals surface area contributed by atoms with Crippen LogP contribution < -0.4 is 5.32 Å². The van der Waals surface area contributed by atoms with Gasteiger partial charge >= 0.3 is 0 Å². The molecule has 1 nitrogen and oxygen atoms in total. The van der Waals surface area contributed by atoms with Crippen molar-refractivity contribution in [3.63, 3.8) is 0 Å². The van der Waals surface area contributed by atoms with Gasteiger partial charge in [0.15, 0.2) is 0 Å². The Bertz CT molecular complexity index is 392. The minimum Gasteiger partial charge on any atom is -0.363 e. The monoisotopic (exact) mass is 363 g/mol. The van der Waals surface area contributed by atoms with E-state index in [9.17, 15) is 0 Å². The zero-order valence-electron chi connectivity index (χ0n) is 10.8. The van der Waals surface area contributed by atoms with Gasteiger partial charge in [-0.1, -0.05) is 32.4 Å². The molecule has 1 N–H and O–H groups in total. The SMILES string of the molecule is CCCC(CC)[SH]1c2ccccc2NC1(C)I. The Morgan fingerprint density at radius 3 is 2.71 bits per heavy atom. The van der Waals surface area contributed by atoms with Gasteiger partial charge in [0.2, 0.25) is 0 Å². The first-order valence-electron chi connectivity index (χ1n) is 6.45. The van der Waals surface area contributed by atoms with Crippen molar-refractivity contribution in [2.45, 2.75) is 53.1 Å². The molecule has 2 rings (SSSR count). The number of anilines is 1. The van der Waals surface area contributed by atoms with Crippen LogP contribution in [0.25, 0.3) is 0 Å². The molecule has 0 amide bonds. The molecular formula is C14H22INS. The molecule has 0 aliphatic carbocycles. The second-order valence-electron chi connectivity index (χ2n) is 4.82. The van der Waals surface area contributed by atoms with Gasteiger partial charge < -0.3 is 5.32 Å². The van der Waals surface area contributed by atoms with E-state index in [0.29, 0.717) is 0 Å². The number of benzene rings is 1. The lowest BCUT2D eigenvalue weighted by atomic mass is 10.2. The van der Waals surface area contributed by atoms with Gasteiger partial charge in [0, 0.05) is 10.6 Å². The summed E-state index contributed by atoms with van der Waals surface area (Å²) in [6.45, 7) is 7.01. The Balaban J connectivity index is 2.36. The number of nitrogens with one attached hydrogen (secondary N) is 1. The quantitative estimate of drug-likeness (QED) is 0.326. The van der Waals surface area contributed by atoms with Gasteiger partial charge in [0.1, 0.15) is 2.88 Å². The molecule has 1 aliphatic rings. The van der Waals surface area contributed by atoms with E-state index in [1.54, 1.807) is 4.90 Å². The standard InChI is InChI=1S/C14H22INS/c1-4-8-11(5-2)17-13-10-7-6-9-12(13)16-14(17,3)15/h6-7,9-11,16-17H,4-5,8H2,1-3H3. The van der Waals surface area contributed by atoms with Gasteiger partial charge in [-0.2, -0.15) is 10.9 Å². The zero-order chi connectivity index (χ0) is 12.5. The summed E-state index contributed by atoms with van der Waals surface area (Å²) in [4.78, 5) is 1.58. The second-order valence-corrected chi connectivity index (χ2v) is 10.7. The third-order valence-corrected chi connectivity index (χ3v) is 8.55. The number of halogens is 1. The Morgan fingerprint density at radius 1 is 1.35 bits per heavy atom. The number of hydrogen-bond donors (Lipinski definition) is 2. The summed E-state index contributed by atoms with van der Waals surface area (Å²) >= 11 is 2.62. The van der Waals surface area contributed by atoms with Crippen molar-refractivity contribution in [2.75, 3.05) is 5.32 Å². The van der Waals surface area contributed by atoms with Crippen molar-refractivity contribution in [3.8, 4) is 0 Å². The van der Waals surface area contributed by atoms with Gasteiger partial charge in [-0.3, -0.25) is 0 Å². The highest BCUT2D eigenvalue weighted by atomic mass is 127. The first kappa shape index (κ1) is 13.5. The molecule has 0 saturated carbocycles. The molecule has 3 unspecified atom stereocenters. The highest BCUT2D eigenvalue weighted by molar-refractivity contribution is 14.1. The highest BCUT2D eigenvalue weighted by Gasteiger charge is 2.40. The molecule has 0 aromatic heterocycles. The molecule has 1 heterocycles. The number of para-hydroxylation sites is 1. The molecule has 1 aliphatic heterocycles. The third kappa shape index (κ3) is 2.60. The van der Waals surface area contributed by atoms with Crippen LogP contribution in [0.1, 0.15) is 40.0 Å². The zero-order valence-corrected chi connectivity index (χ0v) is 13.9. The molecule has 1 aromatic carbocycles. The maximum Gasteiger partial charge on any atom is 0.119 e. The number of thiol groups is 1. The molecule has 0 saturated heterocycles. The fourth-order valence-electron chi connectivity index (χ4n) is 2.71. The number of fused-ring (bicyclic) bond motifs is 1. The maximum atomic E-state index is 3.71. The van der Waals surface area contributed by atoms with E-state index < -0.39 is 0 Å². The van der Waals surface area contributed by atoms with E-state index >= 15 is 0 Å². The minimum absolute atomic E-state index is 0.0981. The molecule has 3 heteroatoms. The lowest BCUT2D eigenvalue weighted by Gasteiger charge is -2.36. The first-order valence-corrected chi connectivity index (χ1v) is 8.94. The predicted molar refractivity (Wildman–Crippen MR) is 88.7 cm³/mol. The average Bonchev–Trinajstić information content (AvgIpc) is 2.56. The van der Waals surface area contributed by atoms with Gasteiger partial charge in [0.05, 0.1) is 0 Å². The fraction of sp³-hybridized carbons (Fsp3) is 0.571. The van der Waals surface area contributed by atoms with Crippen LogP contribution in [0.4, 0.5) is 5.69 Å². The summed E-state index contributed by atoms with van der Waals surface area (Å²) in [5.74, 6) is 0. The van der Waals surface area contributed by atoms with Crippen molar-refractivity contribution >= 4 is 39.2 Å². The molecule has 0 bridgehead atoms. The summed E-state index contributed by atoms with van der Waals surface area (Å²) in [5, 5.41) is 4.57. The van der Waals surface area contributed by atoms with Crippen molar-refractivity contribution in [3.05, 3.63) is 24.3 Å². The lowest BCUT2D eigenvalue weighted by Crippen LogP contribution is -2.26. The summed E-state index contributed by atoms with van der Waals surface area (Å²) in [7, 11) is -0.0981. The Labute approximate surface area is 121 Å². The van der Waals surface area contributed by atoms with Crippen molar-refractivity contribution in [1.29, 1.82) is 0 Å².